The van der Waals surface area contributed by atoms with E-state index in [2.05, 4.69) is 70.3 Å². The van der Waals surface area contributed by atoms with Gasteiger partial charge in [0.25, 0.3) is 0 Å². The van der Waals surface area contributed by atoms with Gasteiger partial charge in [0.2, 0.25) is 0 Å². The summed E-state index contributed by atoms with van der Waals surface area (Å²) < 4.78 is 2.30. The molecule has 3 aromatic carbocycles. The summed E-state index contributed by atoms with van der Waals surface area (Å²) in [5.74, 6) is 0. The average Bonchev–Trinajstić information content (AvgIpc) is 3.09. The molecule has 0 aliphatic carbocycles. The van der Waals surface area contributed by atoms with Gasteiger partial charge >= 0.3 is 0 Å². The Kier molecular flexibility index (Phi) is 5.28. The highest BCUT2D eigenvalue weighted by atomic mass is 79.9. The number of aliphatic imine (C=N–C) groups is 1. The van der Waals surface area contributed by atoms with Gasteiger partial charge < -0.3 is 0 Å². The first-order valence-electron chi connectivity index (χ1n) is 8.61. The van der Waals surface area contributed by atoms with Crippen molar-refractivity contribution in [2.45, 2.75) is 6.92 Å². The molecule has 0 saturated heterocycles. The van der Waals surface area contributed by atoms with Gasteiger partial charge in [-0.2, -0.15) is 0 Å². The molecule has 132 valence electrons. The number of thiazole rings is 1. The summed E-state index contributed by atoms with van der Waals surface area (Å²) in [6.45, 7) is 2.11. The maximum Gasteiger partial charge on any atom is 0.124 e. The zero-order chi connectivity index (χ0) is 18.6. The van der Waals surface area contributed by atoms with Crippen LogP contribution in [0.15, 0.2) is 82.3 Å². The van der Waals surface area contributed by atoms with Crippen LogP contribution in [0.2, 0.25) is 0 Å². The van der Waals surface area contributed by atoms with Gasteiger partial charge in [-0.3, -0.25) is 4.99 Å². The molecule has 1 aromatic heterocycles. The summed E-state index contributed by atoms with van der Waals surface area (Å²) in [6.07, 6.45) is 5.80. The van der Waals surface area contributed by atoms with Crippen molar-refractivity contribution in [1.29, 1.82) is 0 Å². The number of aryl methyl sites for hydroxylation is 1. The zero-order valence-corrected chi connectivity index (χ0v) is 17.2. The molecule has 1 heterocycles. The quantitative estimate of drug-likeness (QED) is 0.307. The van der Waals surface area contributed by atoms with Crippen molar-refractivity contribution in [3.63, 3.8) is 0 Å². The molecule has 0 saturated carbocycles. The van der Waals surface area contributed by atoms with Crippen molar-refractivity contribution in [2.24, 2.45) is 4.99 Å². The third kappa shape index (κ3) is 4.41. The number of nitrogens with zero attached hydrogens (tertiary/aromatic N) is 2. The number of hydrogen-bond donors (Lipinski definition) is 0. The highest BCUT2D eigenvalue weighted by Crippen LogP contribution is 2.31. The van der Waals surface area contributed by atoms with E-state index in [1.807, 2.05) is 42.6 Å². The van der Waals surface area contributed by atoms with E-state index in [0.717, 1.165) is 31.8 Å². The lowest BCUT2D eigenvalue weighted by molar-refractivity contribution is 1.45. The Labute approximate surface area is 171 Å². The summed E-state index contributed by atoms with van der Waals surface area (Å²) in [5.41, 5.74) is 5.50. The number of allylic oxidation sites excluding steroid dienone is 1. The van der Waals surface area contributed by atoms with E-state index in [-0.39, 0.29) is 0 Å². The topological polar surface area (TPSA) is 25.2 Å². The van der Waals surface area contributed by atoms with Gasteiger partial charge in [0.05, 0.1) is 15.9 Å². The predicted octanol–water partition coefficient (Wildman–Crippen LogP) is 7.45. The SMILES string of the molecule is Cc1ccc2nc(-c3ccc(N=C/C=C/c4cccc(Br)c4)cc3)sc2c1. The molecule has 0 atom stereocenters. The fourth-order valence-corrected chi connectivity index (χ4v) is 4.23. The molecule has 0 bridgehead atoms. The van der Waals surface area contributed by atoms with Crippen LogP contribution in [-0.2, 0) is 0 Å². The maximum atomic E-state index is 4.73. The Balaban J connectivity index is 1.48. The molecular weight excluding hydrogens is 416 g/mol. The molecule has 4 rings (SSSR count). The zero-order valence-electron chi connectivity index (χ0n) is 14.8. The second-order valence-electron chi connectivity index (χ2n) is 6.23. The lowest BCUT2D eigenvalue weighted by Crippen LogP contribution is -1.76. The van der Waals surface area contributed by atoms with Gasteiger partial charge in [0.15, 0.2) is 0 Å². The Morgan fingerprint density at radius 2 is 1.85 bits per heavy atom. The number of benzene rings is 3. The van der Waals surface area contributed by atoms with E-state index in [4.69, 9.17) is 4.98 Å². The predicted molar refractivity (Wildman–Crippen MR) is 121 cm³/mol. The third-order valence-electron chi connectivity index (χ3n) is 4.11. The van der Waals surface area contributed by atoms with Crippen molar-refractivity contribution >= 4 is 55.5 Å². The van der Waals surface area contributed by atoms with Crippen LogP contribution in [0.4, 0.5) is 5.69 Å². The van der Waals surface area contributed by atoms with Crippen LogP contribution in [0.3, 0.4) is 0 Å². The normalized spacial score (nSPS) is 11.8. The molecule has 0 spiro atoms. The van der Waals surface area contributed by atoms with Gasteiger partial charge in [-0.25, -0.2) is 4.98 Å². The highest BCUT2D eigenvalue weighted by Gasteiger charge is 2.06. The van der Waals surface area contributed by atoms with Crippen LogP contribution in [0, 0.1) is 6.92 Å². The summed E-state index contributed by atoms with van der Waals surface area (Å²) in [7, 11) is 0. The summed E-state index contributed by atoms with van der Waals surface area (Å²) >= 11 is 5.20. The summed E-state index contributed by atoms with van der Waals surface area (Å²) in [6, 6.07) is 22.7. The molecule has 27 heavy (non-hydrogen) atoms. The molecule has 0 fully saturated rings. The maximum absolute atomic E-state index is 4.73. The van der Waals surface area contributed by atoms with Crippen molar-refractivity contribution < 1.29 is 0 Å². The Morgan fingerprint density at radius 3 is 2.67 bits per heavy atom. The lowest BCUT2D eigenvalue weighted by Gasteiger charge is -1.97. The molecule has 0 amide bonds. The molecule has 0 N–H and O–H groups in total. The number of rotatable bonds is 4. The third-order valence-corrected chi connectivity index (χ3v) is 5.67. The lowest BCUT2D eigenvalue weighted by atomic mass is 10.2. The molecule has 0 unspecified atom stereocenters. The minimum Gasteiger partial charge on any atom is -0.257 e. The number of hydrogen-bond acceptors (Lipinski definition) is 3. The summed E-state index contributed by atoms with van der Waals surface area (Å²) in [4.78, 5) is 9.23. The minimum absolute atomic E-state index is 0.926. The second kappa shape index (κ2) is 7.99. The molecule has 0 aliphatic rings. The molecule has 4 aromatic rings. The molecule has 0 aliphatic heterocycles. The van der Waals surface area contributed by atoms with E-state index in [1.54, 1.807) is 11.3 Å². The van der Waals surface area contributed by atoms with Crippen molar-refractivity contribution in [3.05, 3.63) is 88.4 Å². The van der Waals surface area contributed by atoms with Gasteiger partial charge in [0, 0.05) is 16.3 Å². The number of halogens is 1. The molecule has 0 radical (unpaired) electrons. The second-order valence-corrected chi connectivity index (χ2v) is 8.18. The van der Waals surface area contributed by atoms with Crippen LogP contribution in [0.25, 0.3) is 26.9 Å². The van der Waals surface area contributed by atoms with Crippen LogP contribution >= 0.6 is 27.3 Å². The standard InChI is InChI=1S/C23H17BrN2S/c1-16-7-12-21-22(14-16)27-23(26-21)18-8-10-20(11-9-18)25-13-3-5-17-4-2-6-19(24)15-17/h2-15H,1H3/b5-3+,25-13?. The minimum atomic E-state index is 0.926. The van der Waals surface area contributed by atoms with Crippen LogP contribution in [0.5, 0.6) is 0 Å². The van der Waals surface area contributed by atoms with E-state index in [9.17, 15) is 0 Å². The number of aromatic nitrogens is 1. The first-order valence-corrected chi connectivity index (χ1v) is 10.2. The fraction of sp³-hybridized carbons (Fsp3) is 0.0435. The van der Waals surface area contributed by atoms with E-state index in [1.165, 1.54) is 10.3 Å². The van der Waals surface area contributed by atoms with Gasteiger partial charge in [-0.1, -0.05) is 40.2 Å². The largest absolute Gasteiger partial charge is 0.257 e. The fourth-order valence-electron chi connectivity index (χ4n) is 2.74. The monoisotopic (exact) mass is 432 g/mol. The first-order chi connectivity index (χ1) is 13.2. The smallest absolute Gasteiger partial charge is 0.124 e. The van der Waals surface area contributed by atoms with Gasteiger partial charge in [0.1, 0.15) is 5.01 Å². The Morgan fingerprint density at radius 1 is 1.00 bits per heavy atom. The van der Waals surface area contributed by atoms with E-state index < -0.39 is 0 Å². The van der Waals surface area contributed by atoms with Crippen molar-refractivity contribution in [1.82, 2.24) is 4.98 Å². The van der Waals surface area contributed by atoms with Crippen LogP contribution < -0.4 is 0 Å². The van der Waals surface area contributed by atoms with Crippen molar-refractivity contribution in [2.75, 3.05) is 0 Å². The average molecular weight is 433 g/mol. The summed E-state index contributed by atoms with van der Waals surface area (Å²) in [5, 5.41) is 1.04. The van der Waals surface area contributed by atoms with E-state index >= 15 is 0 Å². The molecule has 4 heteroatoms. The first kappa shape index (κ1) is 17.8. The van der Waals surface area contributed by atoms with Crippen LogP contribution in [-0.4, -0.2) is 11.2 Å². The van der Waals surface area contributed by atoms with Crippen molar-refractivity contribution in [3.8, 4) is 10.6 Å². The Hall–Kier alpha value is -2.56. The van der Waals surface area contributed by atoms with Gasteiger partial charge in [-0.05, 0) is 72.7 Å². The highest BCUT2D eigenvalue weighted by molar-refractivity contribution is 9.10. The number of fused-ring (bicyclic) bond motifs is 1. The van der Waals surface area contributed by atoms with E-state index in [0.29, 0.717) is 0 Å². The van der Waals surface area contributed by atoms with Crippen LogP contribution in [0.1, 0.15) is 11.1 Å². The Bertz CT molecular complexity index is 1140. The molecular formula is C23H17BrN2S. The van der Waals surface area contributed by atoms with Gasteiger partial charge in [-0.15, -0.1) is 11.3 Å². The molecule has 2 nitrogen and oxygen atoms in total.